The Morgan fingerprint density at radius 2 is 1.62 bits per heavy atom. The lowest BCUT2D eigenvalue weighted by Gasteiger charge is -2.17. The van der Waals surface area contributed by atoms with Gasteiger partial charge in [-0.25, -0.2) is 4.79 Å². The maximum Gasteiger partial charge on any atom is 0.341 e. The van der Waals surface area contributed by atoms with E-state index in [0.29, 0.717) is 10.6 Å². The van der Waals surface area contributed by atoms with Crippen LogP contribution >= 0.6 is 11.3 Å². The van der Waals surface area contributed by atoms with Crippen LogP contribution in [0, 0.1) is 27.7 Å². The number of carbonyl (C=O) groups excluding carboxylic acids is 3. The SMILES string of the molecule is COC(=O)c1c(NC(=O)CN(C)CC(=O)Nc2cccc(C)c2C)sc(C)c1C. The normalized spacial score (nSPS) is 10.7. The predicted molar refractivity (Wildman–Crippen MR) is 116 cm³/mol. The number of hydrogen-bond donors (Lipinski definition) is 2. The third-order valence-electron chi connectivity index (χ3n) is 4.73. The molecule has 2 aromatic rings. The predicted octanol–water partition coefficient (Wildman–Crippen LogP) is 3.28. The van der Waals surface area contributed by atoms with Crippen molar-refractivity contribution in [1.29, 1.82) is 0 Å². The van der Waals surface area contributed by atoms with E-state index in [1.165, 1.54) is 18.4 Å². The van der Waals surface area contributed by atoms with Crippen LogP contribution in [0.25, 0.3) is 0 Å². The molecule has 156 valence electrons. The number of rotatable bonds is 7. The Balaban J connectivity index is 1.96. The molecule has 2 amide bonds. The highest BCUT2D eigenvalue weighted by atomic mass is 32.1. The smallest absolute Gasteiger partial charge is 0.341 e. The van der Waals surface area contributed by atoms with Crippen molar-refractivity contribution >= 4 is 39.8 Å². The number of anilines is 2. The van der Waals surface area contributed by atoms with Gasteiger partial charge in [-0.15, -0.1) is 11.3 Å². The molecule has 1 aromatic carbocycles. The molecular weight excluding hydrogens is 390 g/mol. The number of nitrogens with zero attached hydrogens (tertiary/aromatic N) is 1. The molecule has 1 aromatic heterocycles. The van der Waals surface area contributed by atoms with Crippen LogP contribution in [0.1, 0.15) is 31.9 Å². The molecule has 0 saturated carbocycles. The zero-order valence-corrected chi connectivity index (χ0v) is 18.5. The van der Waals surface area contributed by atoms with Crippen molar-refractivity contribution < 1.29 is 19.1 Å². The standard InChI is InChI=1S/C21H27N3O4S/c1-12-8-7-9-16(13(12)2)22-17(25)10-24(5)11-18(26)23-20-19(21(27)28-6)14(3)15(4)29-20/h7-9H,10-11H2,1-6H3,(H,22,25)(H,23,26). The van der Waals surface area contributed by atoms with Gasteiger partial charge in [-0.2, -0.15) is 0 Å². The summed E-state index contributed by atoms with van der Waals surface area (Å²) >= 11 is 1.33. The second-order valence-corrected chi connectivity index (χ2v) is 8.22. The van der Waals surface area contributed by atoms with Crippen molar-refractivity contribution in [2.75, 3.05) is 37.9 Å². The van der Waals surface area contributed by atoms with Gasteiger partial charge in [-0.1, -0.05) is 12.1 Å². The second kappa shape index (κ2) is 9.67. The molecule has 29 heavy (non-hydrogen) atoms. The van der Waals surface area contributed by atoms with Gasteiger partial charge < -0.3 is 15.4 Å². The third-order valence-corrected chi connectivity index (χ3v) is 5.86. The van der Waals surface area contributed by atoms with E-state index in [-0.39, 0.29) is 24.9 Å². The minimum Gasteiger partial charge on any atom is -0.465 e. The van der Waals surface area contributed by atoms with Crippen molar-refractivity contribution in [2.24, 2.45) is 0 Å². The summed E-state index contributed by atoms with van der Waals surface area (Å²) in [5.74, 6) is -0.992. The van der Waals surface area contributed by atoms with Gasteiger partial charge in [0.15, 0.2) is 0 Å². The molecular formula is C21H27N3O4S. The average Bonchev–Trinajstić information content (AvgIpc) is 2.91. The van der Waals surface area contributed by atoms with E-state index in [4.69, 9.17) is 4.74 Å². The molecule has 0 spiro atoms. The summed E-state index contributed by atoms with van der Waals surface area (Å²) in [5, 5.41) is 6.10. The van der Waals surface area contributed by atoms with E-state index < -0.39 is 5.97 Å². The van der Waals surface area contributed by atoms with Gasteiger partial charge in [0.1, 0.15) is 5.00 Å². The Kier molecular flexibility index (Phi) is 7.53. The molecule has 0 bridgehead atoms. The molecule has 0 aliphatic rings. The number of esters is 1. The number of ether oxygens (including phenoxy) is 1. The molecule has 2 rings (SSSR count). The number of likely N-dealkylation sites (N-methyl/N-ethyl adjacent to an activating group) is 1. The van der Waals surface area contributed by atoms with Crippen LogP contribution in [0.4, 0.5) is 10.7 Å². The Morgan fingerprint density at radius 1 is 1.00 bits per heavy atom. The number of hydrogen-bond acceptors (Lipinski definition) is 6. The van der Waals surface area contributed by atoms with Crippen LogP contribution in [-0.4, -0.2) is 49.9 Å². The van der Waals surface area contributed by atoms with E-state index >= 15 is 0 Å². The Hall–Kier alpha value is -2.71. The van der Waals surface area contributed by atoms with E-state index in [1.54, 1.807) is 11.9 Å². The van der Waals surface area contributed by atoms with Gasteiger partial charge in [0.2, 0.25) is 11.8 Å². The summed E-state index contributed by atoms with van der Waals surface area (Å²) in [7, 11) is 3.00. The minimum absolute atomic E-state index is 0.0107. The van der Waals surface area contributed by atoms with Crippen molar-refractivity contribution in [1.82, 2.24) is 4.90 Å². The Bertz CT molecular complexity index is 936. The third kappa shape index (κ3) is 5.65. The molecule has 0 saturated heterocycles. The van der Waals surface area contributed by atoms with E-state index in [2.05, 4.69) is 10.6 Å². The quantitative estimate of drug-likeness (QED) is 0.675. The molecule has 0 radical (unpaired) electrons. The van der Waals surface area contributed by atoms with Crippen LogP contribution < -0.4 is 10.6 Å². The van der Waals surface area contributed by atoms with Gasteiger partial charge in [0.25, 0.3) is 0 Å². The first kappa shape index (κ1) is 22.6. The molecule has 0 fully saturated rings. The van der Waals surface area contributed by atoms with Crippen molar-refractivity contribution in [3.63, 3.8) is 0 Å². The molecule has 2 N–H and O–H groups in total. The molecule has 0 unspecified atom stereocenters. The van der Waals surface area contributed by atoms with Crippen LogP contribution in [0.2, 0.25) is 0 Å². The van der Waals surface area contributed by atoms with Gasteiger partial charge in [0, 0.05) is 10.6 Å². The largest absolute Gasteiger partial charge is 0.465 e. The Labute approximate surface area is 175 Å². The Morgan fingerprint density at radius 3 is 2.24 bits per heavy atom. The van der Waals surface area contributed by atoms with E-state index in [1.807, 2.05) is 45.9 Å². The molecule has 7 nitrogen and oxygen atoms in total. The van der Waals surface area contributed by atoms with Gasteiger partial charge in [-0.3, -0.25) is 14.5 Å². The van der Waals surface area contributed by atoms with Crippen LogP contribution in [0.15, 0.2) is 18.2 Å². The van der Waals surface area contributed by atoms with Crippen LogP contribution in [-0.2, 0) is 14.3 Å². The monoisotopic (exact) mass is 417 g/mol. The molecule has 8 heteroatoms. The summed E-state index contributed by atoms with van der Waals surface area (Å²) in [4.78, 5) is 39.3. The number of benzene rings is 1. The zero-order valence-electron chi connectivity index (χ0n) is 17.6. The fraction of sp³-hybridized carbons (Fsp3) is 0.381. The summed E-state index contributed by atoms with van der Waals surface area (Å²) in [6, 6.07) is 5.72. The maximum atomic E-state index is 12.4. The van der Waals surface area contributed by atoms with Crippen molar-refractivity contribution in [3.05, 3.63) is 45.3 Å². The number of aryl methyl sites for hydroxylation is 2. The number of thiophene rings is 1. The highest BCUT2D eigenvalue weighted by Crippen LogP contribution is 2.32. The van der Waals surface area contributed by atoms with Crippen molar-refractivity contribution in [3.8, 4) is 0 Å². The first-order chi connectivity index (χ1) is 13.6. The highest BCUT2D eigenvalue weighted by molar-refractivity contribution is 7.16. The molecule has 0 aliphatic carbocycles. The molecule has 0 atom stereocenters. The summed E-state index contributed by atoms with van der Waals surface area (Å²) in [6.07, 6.45) is 0. The van der Waals surface area contributed by atoms with Crippen LogP contribution in [0.3, 0.4) is 0 Å². The lowest BCUT2D eigenvalue weighted by molar-refractivity contribution is -0.119. The van der Waals surface area contributed by atoms with E-state index in [9.17, 15) is 14.4 Å². The lowest BCUT2D eigenvalue weighted by Crippen LogP contribution is -2.36. The number of methoxy groups -OCH3 is 1. The second-order valence-electron chi connectivity index (χ2n) is 7.00. The zero-order chi connectivity index (χ0) is 21.7. The average molecular weight is 418 g/mol. The number of carbonyl (C=O) groups is 3. The van der Waals surface area contributed by atoms with Gasteiger partial charge in [-0.05, 0) is 57.5 Å². The van der Waals surface area contributed by atoms with Crippen LogP contribution in [0.5, 0.6) is 0 Å². The fourth-order valence-corrected chi connectivity index (χ4v) is 3.92. The molecule has 1 heterocycles. The topological polar surface area (TPSA) is 87.7 Å². The highest BCUT2D eigenvalue weighted by Gasteiger charge is 2.22. The first-order valence-corrected chi connectivity index (χ1v) is 9.98. The molecule has 0 aliphatic heterocycles. The number of nitrogens with one attached hydrogen (secondary N) is 2. The van der Waals surface area contributed by atoms with Gasteiger partial charge in [0.05, 0.1) is 25.8 Å². The number of amides is 2. The summed E-state index contributed by atoms with van der Waals surface area (Å²) in [5.41, 5.74) is 4.04. The lowest BCUT2D eigenvalue weighted by atomic mass is 10.1. The summed E-state index contributed by atoms with van der Waals surface area (Å²) in [6.45, 7) is 7.71. The van der Waals surface area contributed by atoms with Crippen molar-refractivity contribution in [2.45, 2.75) is 27.7 Å². The van der Waals surface area contributed by atoms with E-state index in [0.717, 1.165) is 27.3 Å². The maximum absolute atomic E-state index is 12.4. The summed E-state index contributed by atoms with van der Waals surface area (Å²) < 4.78 is 4.81. The first-order valence-electron chi connectivity index (χ1n) is 9.16. The fourth-order valence-electron chi connectivity index (χ4n) is 2.85. The minimum atomic E-state index is -0.483. The van der Waals surface area contributed by atoms with Gasteiger partial charge >= 0.3 is 5.97 Å².